The number of aromatic nitrogens is 1. The number of halogens is 3. The van der Waals surface area contributed by atoms with E-state index in [1.807, 2.05) is 19.1 Å². The summed E-state index contributed by atoms with van der Waals surface area (Å²) < 4.78 is 40.6. The second kappa shape index (κ2) is 8.60. The molecule has 0 spiro atoms. The van der Waals surface area contributed by atoms with Crippen molar-refractivity contribution in [1.82, 2.24) is 9.88 Å². The average Bonchev–Trinajstić information content (AvgIpc) is 2.64. The number of carbonyl (C=O) groups is 1. The van der Waals surface area contributed by atoms with Crippen molar-refractivity contribution in [2.45, 2.75) is 32.7 Å². The van der Waals surface area contributed by atoms with Crippen LogP contribution in [-0.4, -0.2) is 35.2 Å². The number of ether oxygens (including phenoxy) is 1. The molecule has 1 aliphatic rings. The summed E-state index contributed by atoms with van der Waals surface area (Å²) >= 11 is 0. The van der Waals surface area contributed by atoms with Gasteiger partial charge in [-0.3, -0.25) is 9.69 Å². The number of nitrogens with zero attached hydrogens (tertiary/aromatic N) is 2. The minimum absolute atomic E-state index is 0.0552. The molecule has 1 aromatic carbocycles. The molecule has 1 amide bonds. The van der Waals surface area contributed by atoms with E-state index in [1.54, 1.807) is 18.3 Å². The highest BCUT2D eigenvalue weighted by Crippen LogP contribution is 2.24. The monoisotopic (exact) mass is 393 g/mol. The van der Waals surface area contributed by atoms with Crippen molar-refractivity contribution in [3.8, 4) is 5.75 Å². The molecular formula is C20H22F3N3O2. The molecule has 0 aliphatic carbocycles. The zero-order chi connectivity index (χ0) is 20.1. The Balaban J connectivity index is 1.56. The highest BCUT2D eigenvalue weighted by atomic mass is 19.4. The maximum atomic E-state index is 12.6. The van der Waals surface area contributed by atoms with E-state index in [2.05, 4.69) is 19.9 Å². The minimum Gasteiger partial charge on any atom is -0.406 e. The summed E-state index contributed by atoms with van der Waals surface area (Å²) in [6.07, 6.45) is -1.37. The molecule has 1 saturated heterocycles. The molecule has 28 heavy (non-hydrogen) atoms. The molecule has 0 saturated carbocycles. The zero-order valence-electron chi connectivity index (χ0n) is 15.5. The predicted molar refractivity (Wildman–Crippen MR) is 98.7 cm³/mol. The van der Waals surface area contributed by atoms with Crippen LogP contribution in [0.2, 0.25) is 0 Å². The fraction of sp³-hybridized carbons (Fsp3) is 0.400. The van der Waals surface area contributed by atoms with Crippen LogP contribution in [0, 0.1) is 12.8 Å². The molecular weight excluding hydrogens is 371 g/mol. The van der Waals surface area contributed by atoms with E-state index in [1.165, 1.54) is 12.1 Å². The number of anilines is 1. The van der Waals surface area contributed by atoms with E-state index in [-0.39, 0.29) is 17.6 Å². The predicted octanol–water partition coefficient (Wildman–Crippen LogP) is 4.14. The first-order valence-electron chi connectivity index (χ1n) is 9.10. The Morgan fingerprint density at radius 2 is 2.04 bits per heavy atom. The number of nitrogens with one attached hydrogen (secondary N) is 1. The van der Waals surface area contributed by atoms with E-state index in [4.69, 9.17) is 0 Å². The molecule has 2 aromatic rings. The Morgan fingerprint density at radius 1 is 1.29 bits per heavy atom. The summed E-state index contributed by atoms with van der Waals surface area (Å²) in [5.74, 6) is 0.131. The molecule has 0 unspecified atom stereocenters. The summed E-state index contributed by atoms with van der Waals surface area (Å²) in [4.78, 5) is 18.9. The normalized spacial score (nSPS) is 17.9. The lowest BCUT2D eigenvalue weighted by Gasteiger charge is -2.32. The Hall–Kier alpha value is -2.61. The number of amides is 1. The highest BCUT2D eigenvalue weighted by Gasteiger charge is 2.31. The first kappa shape index (κ1) is 20.1. The van der Waals surface area contributed by atoms with Gasteiger partial charge in [-0.05, 0) is 55.6 Å². The quantitative estimate of drug-likeness (QED) is 0.830. The number of alkyl halides is 3. The molecule has 1 N–H and O–H groups in total. The molecule has 0 bridgehead atoms. The number of aryl methyl sites for hydroxylation is 1. The molecule has 3 rings (SSSR count). The first-order valence-corrected chi connectivity index (χ1v) is 9.10. The molecule has 1 fully saturated rings. The van der Waals surface area contributed by atoms with Crippen LogP contribution in [0.4, 0.5) is 19.0 Å². The largest absolute Gasteiger partial charge is 0.573 e. The van der Waals surface area contributed by atoms with Crippen molar-refractivity contribution in [3.05, 3.63) is 53.7 Å². The van der Waals surface area contributed by atoms with Gasteiger partial charge < -0.3 is 10.1 Å². The molecule has 0 radical (unpaired) electrons. The summed E-state index contributed by atoms with van der Waals surface area (Å²) in [7, 11) is 0. The average molecular weight is 393 g/mol. The third-order valence-corrected chi connectivity index (χ3v) is 4.69. The van der Waals surface area contributed by atoms with Crippen molar-refractivity contribution >= 4 is 11.7 Å². The molecule has 1 aromatic heterocycles. The van der Waals surface area contributed by atoms with E-state index in [9.17, 15) is 18.0 Å². The van der Waals surface area contributed by atoms with Crippen LogP contribution in [0.25, 0.3) is 0 Å². The van der Waals surface area contributed by atoms with Gasteiger partial charge in [-0.2, -0.15) is 0 Å². The summed E-state index contributed by atoms with van der Waals surface area (Å²) in [5, 5.41) is 2.89. The van der Waals surface area contributed by atoms with Gasteiger partial charge in [-0.15, -0.1) is 13.2 Å². The number of rotatable bonds is 5. The Kier molecular flexibility index (Phi) is 6.18. The van der Waals surface area contributed by atoms with Crippen molar-refractivity contribution in [2.75, 3.05) is 18.4 Å². The third-order valence-electron chi connectivity index (χ3n) is 4.69. The van der Waals surface area contributed by atoms with Gasteiger partial charge in [0.25, 0.3) is 0 Å². The van der Waals surface area contributed by atoms with Crippen LogP contribution in [0.1, 0.15) is 24.0 Å². The fourth-order valence-electron chi connectivity index (χ4n) is 3.30. The second-order valence-corrected chi connectivity index (χ2v) is 6.92. The van der Waals surface area contributed by atoms with Gasteiger partial charge in [0.1, 0.15) is 11.6 Å². The van der Waals surface area contributed by atoms with E-state index in [0.29, 0.717) is 18.9 Å². The number of hydrogen-bond donors (Lipinski definition) is 1. The summed E-state index contributed by atoms with van der Waals surface area (Å²) in [6, 6.07) is 9.55. The van der Waals surface area contributed by atoms with Gasteiger partial charge in [-0.25, -0.2) is 4.98 Å². The van der Waals surface area contributed by atoms with Gasteiger partial charge >= 0.3 is 6.36 Å². The van der Waals surface area contributed by atoms with Crippen LogP contribution in [0.3, 0.4) is 0 Å². The Labute approximate surface area is 161 Å². The second-order valence-electron chi connectivity index (χ2n) is 6.92. The number of likely N-dealkylation sites (tertiary alicyclic amines) is 1. The summed E-state index contributed by atoms with van der Waals surface area (Å²) in [5.41, 5.74) is 1.78. The number of pyridine rings is 1. The Morgan fingerprint density at radius 3 is 2.71 bits per heavy atom. The van der Waals surface area contributed by atoms with E-state index in [0.717, 1.165) is 30.5 Å². The molecule has 1 aliphatic heterocycles. The molecule has 8 heteroatoms. The number of benzene rings is 1. The topological polar surface area (TPSA) is 54.5 Å². The highest BCUT2D eigenvalue weighted by molar-refractivity contribution is 5.92. The molecule has 1 atom stereocenters. The maximum Gasteiger partial charge on any atom is 0.573 e. The van der Waals surface area contributed by atoms with Crippen molar-refractivity contribution in [2.24, 2.45) is 5.92 Å². The minimum atomic E-state index is -4.69. The number of piperidine rings is 1. The molecule has 5 nitrogen and oxygen atoms in total. The standard InChI is InChI=1S/C20H22F3N3O2/c1-14-4-2-10-24-18(14)25-19(27)16-5-3-11-26(13-16)12-15-6-8-17(9-7-15)28-20(21,22)23/h2,4,6-10,16H,3,5,11-13H2,1H3,(H,24,25,27)/t16-/m0/s1. The van der Waals surface area contributed by atoms with Gasteiger partial charge in [0.05, 0.1) is 5.92 Å². The smallest absolute Gasteiger partial charge is 0.406 e. The van der Waals surface area contributed by atoms with Gasteiger partial charge in [0.15, 0.2) is 0 Å². The summed E-state index contributed by atoms with van der Waals surface area (Å²) in [6.45, 7) is 3.90. The van der Waals surface area contributed by atoms with Gasteiger partial charge in [0.2, 0.25) is 5.91 Å². The van der Waals surface area contributed by atoms with E-state index >= 15 is 0 Å². The maximum absolute atomic E-state index is 12.6. The van der Waals surface area contributed by atoms with Gasteiger partial charge in [0, 0.05) is 19.3 Å². The number of carbonyl (C=O) groups excluding carboxylic acids is 1. The third kappa shape index (κ3) is 5.69. The van der Waals surface area contributed by atoms with Crippen molar-refractivity contribution < 1.29 is 22.7 Å². The van der Waals surface area contributed by atoms with E-state index < -0.39 is 6.36 Å². The fourth-order valence-corrected chi connectivity index (χ4v) is 3.30. The van der Waals surface area contributed by atoms with Crippen LogP contribution in [0.15, 0.2) is 42.6 Å². The number of hydrogen-bond acceptors (Lipinski definition) is 4. The Bertz CT molecular complexity index is 809. The van der Waals surface area contributed by atoms with Crippen LogP contribution < -0.4 is 10.1 Å². The van der Waals surface area contributed by atoms with Crippen molar-refractivity contribution in [3.63, 3.8) is 0 Å². The first-order chi connectivity index (χ1) is 13.3. The SMILES string of the molecule is Cc1cccnc1NC(=O)[C@H]1CCCN(Cc2ccc(OC(F)(F)F)cc2)C1. The zero-order valence-corrected chi connectivity index (χ0v) is 15.5. The lowest BCUT2D eigenvalue weighted by Crippen LogP contribution is -2.40. The lowest BCUT2D eigenvalue weighted by molar-refractivity contribution is -0.274. The van der Waals surface area contributed by atoms with Crippen LogP contribution in [-0.2, 0) is 11.3 Å². The molecule has 2 heterocycles. The van der Waals surface area contributed by atoms with Crippen molar-refractivity contribution in [1.29, 1.82) is 0 Å². The lowest BCUT2D eigenvalue weighted by atomic mass is 9.96. The molecule has 150 valence electrons. The van der Waals surface area contributed by atoms with Crippen LogP contribution >= 0.6 is 0 Å². The van der Waals surface area contributed by atoms with Crippen LogP contribution in [0.5, 0.6) is 5.75 Å². The van der Waals surface area contributed by atoms with Gasteiger partial charge in [-0.1, -0.05) is 18.2 Å².